The lowest BCUT2D eigenvalue weighted by molar-refractivity contribution is 0.608. The SMILES string of the molecule is Nc1c(F)cc2c(c1[C@@H]1CCCN1)CCC2. The summed E-state index contributed by atoms with van der Waals surface area (Å²) in [7, 11) is 0. The average Bonchev–Trinajstić information content (AvgIpc) is 2.89. The molecule has 3 N–H and O–H groups in total. The number of nitrogen functional groups attached to an aromatic ring is 1. The summed E-state index contributed by atoms with van der Waals surface area (Å²) < 4.78 is 13.7. The van der Waals surface area contributed by atoms with Crippen molar-refractivity contribution in [2.75, 3.05) is 12.3 Å². The topological polar surface area (TPSA) is 38.0 Å². The van der Waals surface area contributed by atoms with Gasteiger partial charge in [-0.1, -0.05) is 0 Å². The Morgan fingerprint density at radius 3 is 2.94 bits per heavy atom. The van der Waals surface area contributed by atoms with Crippen LogP contribution >= 0.6 is 0 Å². The lowest BCUT2D eigenvalue weighted by Crippen LogP contribution is -2.17. The summed E-state index contributed by atoms with van der Waals surface area (Å²) in [5.41, 5.74) is 9.85. The second kappa shape index (κ2) is 3.74. The van der Waals surface area contributed by atoms with Crippen molar-refractivity contribution in [1.29, 1.82) is 0 Å². The zero-order valence-corrected chi connectivity index (χ0v) is 9.35. The molecule has 0 bridgehead atoms. The molecule has 0 radical (unpaired) electrons. The van der Waals surface area contributed by atoms with Gasteiger partial charge in [0.15, 0.2) is 0 Å². The predicted molar refractivity (Wildman–Crippen MR) is 62.8 cm³/mol. The quantitative estimate of drug-likeness (QED) is 0.713. The molecule has 1 aliphatic carbocycles. The minimum Gasteiger partial charge on any atom is -0.396 e. The Hall–Kier alpha value is -1.09. The van der Waals surface area contributed by atoms with Gasteiger partial charge in [0.25, 0.3) is 0 Å². The van der Waals surface area contributed by atoms with Gasteiger partial charge in [0.2, 0.25) is 0 Å². The van der Waals surface area contributed by atoms with Crippen LogP contribution in [0.25, 0.3) is 0 Å². The number of anilines is 1. The molecule has 3 heteroatoms. The molecule has 0 amide bonds. The fraction of sp³-hybridized carbons (Fsp3) is 0.538. The van der Waals surface area contributed by atoms with Crippen LogP contribution in [0.3, 0.4) is 0 Å². The van der Waals surface area contributed by atoms with Crippen molar-refractivity contribution in [3.63, 3.8) is 0 Å². The van der Waals surface area contributed by atoms with Crippen LogP contribution in [0.5, 0.6) is 0 Å². The highest BCUT2D eigenvalue weighted by Gasteiger charge is 2.27. The van der Waals surface area contributed by atoms with Crippen molar-refractivity contribution in [2.45, 2.75) is 38.1 Å². The Balaban J connectivity index is 2.14. The van der Waals surface area contributed by atoms with E-state index in [9.17, 15) is 4.39 Å². The first kappa shape index (κ1) is 10.1. The fourth-order valence-electron chi connectivity index (χ4n) is 3.08. The van der Waals surface area contributed by atoms with E-state index in [2.05, 4.69) is 5.32 Å². The maximum atomic E-state index is 13.7. The van der Waals surface area contributed by atoms with Crippen molar-refractivity contribution in [3.8, 4) is 0 Å². The van der Waals surface area contributed by atoms with Crippen molar-refractivity contribution in [2.24, 2.45) is 0 Å². The molecule has 86 valence electrons. The molecule has 0 saturated carbocycles. The third kappa shape index (κ3) is 1.42. The van der Waals surface area contributed by atoms with E-state index < -0.39 is 0 Å². The molecule has 1 aromatic carbocycles. The van der Waals surface area contributed by atoms with Gasteiger partial charge in [-0.25, -0.2) is 4.39 Å². The van der Waals surface area contributed by atoms with Crippen LogP contribution in [-0.4, -0.2) is 6.54 Å². The highest BCUT2D eigenvalue weighted by Crippen LogP contribution is 2.38. The maximum Gasteiger partial charge on any atom is 0.146 e. The maximum absolute atomic E-state index is 13.7. The summed E-state index contributed by atoms with van der Waals surface area (Å²) in [5, 5.41) is 3.42. The van der Waals surface area contributed by atoms with E-state index in [0.29, 0.717) is 5.69 Å². The number of rotatable bonds is 1. The zero-order valence-electron chi connectivity index (χ0n) is 9.35. The number of halogens is 1. The van der Waals surface area contributed by atoms with Crippen molar-refractivity contribution in [3.05, 3.63) is 28.6 Å². The monoisotopic (exact) mass is 220 g/mol. The van der Waals surface area contributed by atoms with E-state index in [1.54, 1.807) is 6.07 Å². The van der Waals surface area contributed by atoms with Gasteiger partial charge in [-0.15, -0.1) is 0 Å². The Bertz CT molecular complexity index is 422. The largest absolute Gasteiger partial charge is 0.396 e. The van der Waals surface area contributed by atoms with Crippen molar-refractivity contribution >= 4 is 5.69 Å². The van der Waals surface area contributed by atoms with E-state index in [1.165, 1.54) is 11.1 Å². The standard InChI is InChI=1S/C13H17FN2/c14-10-7-8-3-1-4-9(8)12(13(10)15)11-5-2-6-16-11/h7,11,16H,1-6,15H2/t11-/m0/s1. The van der Waals surface area contributed by atoms with Crippen molar-refractivity contribution < 1.29 is 4.39 Å². The molecule has 1 heterocycles. The summed E-state index contributed by atoms with van der Waals surface area (Å²) in [6.45, 7) is 1.02. The minimum atomic E-state index is -0.232. The summed E-state index contributed by atoms with van der Waals surface area (Å²) in [6, 6.07) is 1.92. The number of hydrogen-bond acceptors (Lipinski definition) is 2. The number of benzene rings is 1. The molecule has 1 atom stereocenters. The van der Waals surface area contributed by atoms with Gasteiger partial charge < -0.3 is 11.1 Å². The first-order chi connectivity index (χ1) is 7.77. The van der Waals surface area contributed by atoms with E-state index in [1.807, 2.05) is 0 Å². The van der Waals surface area contributed by atoms with Gasteiger partial charge in [-0.3, -0.25) is 0 Å². The van der Waals surface area contributed by atoms with Gasteiger partial charge in [0.05, 0.1) is 5.69 Å². The molecule has 0 spiro atoms. The number of fused-ring (bicyclic) bond motifs is 1. The number of nitrogens with two attached hydrogens (primary N) is 1. The molecule has 0 unspecified atom stereocenters. The minimum absolute atomic E-state index is 0.232. The summed E-state index contributed by atoms with van der Waals surface area (Å²) in [6.07, 6.45) is 5.45. The van der Waals surface area contributed by atoms with E-state index in [4.69, 9.17) is 5.73 Å². The molecule has 3 rings (SSSR count). The molecule has 0 aromatic heterocycles. The third-order valence-corrected chi connectivity index (χ3v) is 3.84. The third-order valence-electron chi connectivity index (χ3n) is 3.84. The molecule has 1 fully saturated rings. The molecular weight excluding hydrogens is 203 g/mol. The average molecular weight is 220 g/mol. The number of nitrogens with one attached hydrogen (secondary N) is 1. The van der Waals surface area contributed by atoms with Gasteiger partial charge >= 0.3 is 0 Å². The van der Waals surface area contributed by atoms with E-state index in [-0.39, 0.29) is 11.9 Å². The number of aryl methyl sites for hydroxylation is 1. The van der Waals surface area contributed by atoms with E-state index in [0.717, 1.165) is 44.2 Å². The molecule has 1 saturated heterocycles. The molecule has 2 aliphatic rings. The predicted octanol–water partition coefficient (Wildman–Crippen LogP) is 2.32. The Morgan fingerprint density at radius 2 is 2.19 bits per heavy atom. The van der Waals surface area contributed by atoms with Gasteiger partial charge in [0, 0.05) is 6.04 Å². The first-order valence-corrected chi connectivity index (χ1v) is 6.10. The molecule has 2 nitrogen and oxygen atoms in total. The van der Waals surface area contributed by atoms with Crippen LogP contribution in [0, 0.1) is 5.82 Å². The van der Waals surface area contributed by atoms with Crippen LogP contribution < -0.4 is 11.1 Å². The second-order valence-electron chi connectivity index (χ2n) is 4.83. The normalized spacial score (nSPS) is 23.7. The molecule has 1 aromatic rings. The summed E-state index contributed by atoms with van der Waals surface area (Å²) in [4.78, 5) is 0. The zero-order chi connectivity index (χ0) is 11.1. The van der Waals surface area contributed by atoms with Gasteiger partial charge in [0.1, 0.15) is 5.82 Å². The summed E-state index contributed by atoms with van der Waals surface area (Å²) >= 11 is 0. The highest BCUT2D eigenvalue weighted by molar-refractivity contribution is 5.58. The Morgan fingerprint density at radius 1 is 1.31 bits per heavy atom. The van der Waals surface area contributed by atoms with Crippen LogP contribution in [0.4, 0.5) is 10.1 Å². The van der Waals surface area contributed by atoms with Gasteiger partial charge in [-0.2, -0.15) is 0 Å². The van der Waals surface area contributed by atoms with Crippen LogP contribution in [-0.2, 0) is 12.8 Å². The lowest BCUT2D eigenvalue weighted by atomic mass is 9.94. The summed E-state index contributed by atoms with van der Waals surface area (Å²) in [5.74, 6) is -0.232. The molecular formula is C13H17FN2. The number of hydrogen-bond donors (Lipinski definition) is 2. The van der Waals surface area contributed by atoms with Gasteiger partial charge in [-0.05, 0) is 61.4 Å². The fourth-order valence-corrected chi connectivity index (χ4v) is 3.08. The highest BCUT2D eigenvalue weighted by atomic mass is 19.1. The first-order valence-electron chi connectivity index (χ1n) is 6.10. The van der Waals surface area contributed by atoms with E-state index >= 15 is 0 Å². The van der Waals surface area contributed by atoms with Crippen LogP contribution in [0.1, 0.15) is 42.0 Å². The Labute approximate surface area is 95.0 Å². The van der Waals surface area contributed by atoms with Crippen molar-refractivity contribution in [1.82, 2.24) is 5.32 Å². The second-order valence-corrected chi connectivity index (χ2v) is 4.83. The Kier molecular flexibility index (Phi) is 2.36. The van der Waals surface area contributed by atoms with Crippen LogP contribution in [0.2, 0.25) is 0 Å². The molecule has 1 aliphatic heterocycles. The smallest absolute Gasteiger partial charge is 0.146 e. The molecule has 16 heavy (non-hydrogen) atoms. The lowest BCUT2D eigenvalue weighted by Gasteiger charge is -2.18. The van der Waals surface area contributed by atoms with Crippen LogP contribution in [0.15, 0.2) is 6.07 Å².